The highest BCUT2D eigenvalue weighted by Crippen LogP contribution is 2.33. The molecule has 0 unspecified atom stereocenters. The van der Waals surface area contributed by atoms with Gasteiger partial charge in [-0.3, -0.25) is 4.79 Å². The predicted octanol–water partition coefficient (Wildman–Crippen LogP) is 4.13. The molecule has 0 spiro atoms. The standard InChI is InChI=1S/C24H29N5O3S/c1-31-20-14-13-17(15-21(20)32-2)23-26-27-24(29(23)25)33-16-22(30)28(18-9-5-3-6-10-18)19-11-7-4-8-12-19/h3,5-6,9-10,13-15,19H,4,7-8,11-12,16,25H2,1-2H3. The van der Waals surface area contributed by atoms with E-state index in [9.17, 15) is 4.79 Å². The van der Waals surface area contributed by atoms with Crippen LogP contribution in [-0.2, 0) is 4.79 Å². The van der Waals surface area contributed by atoms with Gasteiger partial charge in [-0.2, -0.15) is 0 Å². The molecule has 4 rings (SSSR count). The van der Waals surface area contributed by atoms with E-state index in [1.807, 2.05) is 41.3 Å². The third kappa shape index (κ3) is 5.08. The van der Waals surface area contributed by atoms with Gasteiger partial charge in [-0.1, -0.05) is 49.2 Å². The van der Waals surface area contributed by atoms with Gasteiger partial charge < -0.3 is 20.2 Å². The van der Waals surface area contributed by atoms with Crippen molar-refractivity contribution in [2.45, 2.75) is 43.3 Å². The minimum atomic E-state index is 0.0498. The zero-order valence-electron chi connectivity index (χ0n) is 18.9. The number of nitrogen functional groups attached to an aromatic ring is 1. The smallest absolute Gasteiger partial charge is 0.237 e. The Labute approximate surface area is 198 Å². The average molecular weight is 468 g/mol. The number of ether oxygens (including phenoxy) is 2. The van der Waals surface area contributed by atoms with Crippen molar-refractivity contribution >= 4 is 23.4 Å². The van der Waals surface area contributed by atoms with Gasteiger partial charge in [-0.05, 0) is 43.2 Å². The van der Waals surface area contributed by atoms with E-state index in [-0.39, 0.29) is 17.7 Å². The highest BCUT2D eigenvalue weighted by molar-refractivity contribution is 7.99. The van der Waals surface area contributed by atoms with Gasteiger partial charge in [0.05, 0.1) is 20.0 Å². The van der Waals surface area contributed by atoms with Crippen LogP contribution in [0.1, 0.15) is 32.1 Å². The highest BCUT2D eigenvalue weighted by atomic mass is 32.2. The SMILES string of the molecule is COc1ccc(-c2nnc(SCC(=O)N(c3ccccc3)C3CCCCC3)n2N)cc1OC. The zero-order valence-corrected chi connectivity index (χ0v) is 19.8. The lowest BCUT2D eigenvalue weighted by atomic mass is 9.93. The van der Waals surface area contributed by atoms with Crippen LogP contribution in [0, 0.1) is 0 Å². The minimum absolute atomic E-state index is 0.0498. The van der Waals surface area contributed by atoms with Gasteiger partial charge in [0.25, 0.3) is 0 Å². The molecule has 0 atom stereocenters. The number of rotatable bonds is 8. The van der Waals surface area contributed by atoms with E-state index in [4.69, 9.17) is 15.3 Å². The van der Waals surface area contributed by atoms with Crippen LogP contribution in [0.5, 0.6) is 11.5 Å². The van der Waals surface area contributed by atoms with E-state index >= 15 is 0 Å². The number of para-hydroxylation sites is 1. The van der Waals surface area contributed by atoms with Gasteiger partial charge in [0.15, 0.2) is 17.3 Å². The second-order valence-corrected chi connectivity index (χ2v) is 8.87. The van der Waals surface area contributed by atoms with Crippen LogP contribution in [0.15, 0.2) is 53.7 Å². The first kappa shape index (κ1) is 23.0. The van der Waals surface area contributed by atoms with Gasteiger partial charge in [-0.25, -0.2) is 4.68 Å². The van der Waals surface area contributed by atoms with Crippen molar-refractivity contribution in [2.24, 2.45) is 0 Å². The molecule has 8 nitrogen and oxygen atoms in total. The van der Waals surface area contributed by atoms with Crippen molar-refractivity contribution in [2.75, 3.05) is 30.7 Å². The monoisotopic (exact) mass is 467 g/mol. The number of thioether (sulfide) groups is 1. The molecule has 0 saturated heterocycles. The first-order valence-electron chi connectivity index (χ1n) is 11.0. The number of hydrogen-bond acceptors (Lipinski definition) is 7. The first-order chi connectivity index (χ1) is 16.1. The molecule has 9 heteroatoms. The van der Waals surface area contributed by atoms with Crippen LogP contribution in [0.2, 0.25) is 0 Å². The summed E-state index contributed by atoms with van der Waals surface area (Å²) in [6.45, 7) is 0. The number of nitrogens with zero attached hydrogens (tertiary/aromatic N) is 4. The fourth-order valence-corrected chi connectivity index (χ4v) is 4.95. The summed E-state index contributed by atoms with van der Waals surface area (Å²) >= 11 is 1.29. The molecule has 2 N–H and O–H groups in total. The molecule has 1 fully saturated rings. The van der Waals surface area contributed by atoms with Gasteiger partial charge in [-0.15, -0.1) is 10.2 Å². The van der Waals surface area contributed by atoms with Crippen molar-refractivity contribution < 1.29 is 14.3 Å². The lowest BCUT2D eigenvalue weighted by molar-refractivity contribution is -0.116. The van der Waals surface area contributed by atoms with Crippen LogP contribution >= 0.6 is 11.8 Å². The van der Waals surface area contributed by atoms with Crippen molar-refractivity contribution in [1.29, 1.82) is 0 Å². The number of hydrogen-bond donors (Lipinski definition) is 1. The normalized spacial score (nSPS) is 14.1. The Hall–Kier alpha value is -3.20. The Morgan fingerprint density at radius 1 is 1.06 bits per heavy atom. The summed E-state index contributed by atoms with van der Waals surface area (Å²) in [6, 6.07) is 15.6. The van der Waals surface area contributed by atoms with E-state index in [0.717, 1.165) is 36.9 Å². The van der Waals surface area contributed by atoms with Crippen LogP contribution in [0.4, 0.5) is 5.69 Å². The van der Waals surface area contributed by atoms with Crippen molar-refractivity contribution in [3.8, 4) is 22.9 Å². The maximum Gasteiger partial charge on any atom is 0.237 e. The zero-order chi connectivity index (χ0) is 23.2. The van der Waals surface area contributed by atoms with Crippen LogP contribution in [0.25, 0.3) is 11.4 Å². The molecular formula is C24H29N5O3S. The summed E-state index contributed by atoms with van der Waals surface area (Å²) < 4.78 is 12.1. The van der Waals surface area contributed by atoms with Gasteiger partial charge in [0.2, 0.25) is 11.1 Å². The van der Waals surface area contributed by atoms with Crippen LogP contribution in [-0.4, -0.2) is 46.8 Å². The van der Waals surface area contributed by atoms with Gasteiger partial charge in [0.1, 0.15) is 0 Å². The summed E-state index contributed by atoms with van der Waals surface area (Å²) in [5.41, 5.74) is 1.68. The summed E-state index contributed by atoms with van der Waals surface area (Å²) in [7, 11) is 3.16. The van der Waals surface area contributed by atoms with Gasteiger partial charge >= 0.3 is 0 Å². The minimum Gasteiger partial charge on any atom is -0.493 e. The number of aromatic nitrogens is 3. The Morgan fingerprint density at radius 3 is 2.48 bits per heavy atom. The predicted molar refractivity (Wildman–Crippen MR) is 130 cm³/mol. The Bertz CT molecular complexity index is 1080. The molecule has 1 heterocycles. The summed E-state index contributed by atoms with van der Waals surface area (Å²) in [6.07, 6.45) is 5.60. The number of amides is 1. The summed E-state index contributed by atoms with van der Waals surface area (Å²) in [5, 5.41) is 8.93. The molecule has 1 aliphatic rings. The topological polar surface area (TPSA) is 95.5 Å². The average Bonchev–Trinajstić information content (AvgIpc) is 3.23. The van der Waals surface area contributed by atoms with E-state index in [1.54, 1.807) is 26.4 Å². The molecule has 3 aromatic rings. The molecule has 33 heavy (non-hydrogen) atoms. The quantitative estimate of drug-likeness (QED) is 0.393. The van der Waals surface area contributed by atoms with E-state index in [0.29, 0.717) is 22.5 Å². The third-order valence-corrected chi connectivity index (χ3v) is 6.80. The number of anilines is 1. The molecule has 1 aliphatic carbocycles. The molecule has 0 radical (unpaired) electrons. The Morgan fingerprint density at radius 2 is 1.79 bits per heavy atom. The Kier molecular flexibility index (Phi) is 7.39. The third-order valence-electron chi connectivity index (χ3n) is 5.87. The molecule has 1 saturated carbocycles. The van der Waals surface area contributed by atoms with Crippen molar-refractivity contribution in [3.63, 3.8) is 0 Å². The number of benzene rings is 2. The van der Waals surface area contributed by atoms with Gasteiger partial charge in [0, 0.05) is 17.3 Å². The fourth-order valence-electron chi connectivity index (χ4n) is 4.23. The largest absolute Gasteiger partial charge is 0.493 e. The maximum absolute atomic E-state index is 13.3. The number of carbonyl (C=O) groups excluding carboxylic acids is 1. The fraction of sp³-hybridized carbons (Fsp3) is 0.375. The molecule has 0 aliphatic heterocycles. The number of methoxy groups -OCH3 is 2. The molecule has 1 amide bonds. The molecule has 2 aromatic carbocycles. The number of carbonyl (C=O) groups is 1. The molecule has 0 bridgehead atoms. The van der Waals surface area contributed by atoms with E-state index < -0.39 is 0 Å². The van der Waals surface area contributed by atoms with Crippen molar-refractivity contribution in [3.05, 3.63) is 48.5 Å². The molecule has 174 valence electrons. The van der Waals surface area contributed by atoms with Crippen LogP contribution < -0.4 is 20.2 Å². The highest BCUT2D eigenvalue weighted by Gasteiger charge is 2.27. The van der Waals surface area contributed by atoms with E-state index in [1.165, 1.54) is 22.9 Å². The lowest BCUT2D eigenvalue weighted by Crippen LogP contribution is -2.42. The maximum atomic E-state index is 13.3. The molecular weight excluding hydrogens is 438 g/mol. The summed E-state index contributed by atoms with van der Waals surface area (Å²) in [4.78, 5) is 15.3. The first-order valence-corrected chi connectivity index (χ1v) is 12.0. The summed E-state index contributed by atoms with van der Waals surface area (Å²) in [5.74, 6) is 8.25. The van der Waals surface area contributed by atoms with Crippen molar-refractivity contribution in [1.82, 2.24) is 14.9 Å². The van der Waals surface area contributed by atoms with Crippen LogP contribution in [0.3, 0.4) is 0 Å². The lowest BCUT2D eigenvalue weighted by Gasteiger charge is -2.34. The van der Waals surface area contributed by atoms with E-state index in [2.05, 4.69) is 10.2 Å². The number of nitrogens with two attached hydrogens (primary N) is 1. The second-order valence-electron chi connectivity index (χ2n) is 7.93. The second kappa shape index (κ2) is 10.6. The Balaban J connectivity index is 1.50. The molecule has 1 aromatic heterocycles.